The molecule has 0 saturated carbocycles. The van der Waals surface area contributed by atoms with E-state index < -0.39 is 0 Å². The van der Waals surface area contributed by atoms with E-state index in [1.54, 1.807) is 12.1 Å². The zero-order valence-electron chi connectivity index (χ0n) is 10.3. The molecule has 0 radical (unpaired) electrons. The molecule has 1 unspecified atom stereocenters. The molecular formula is C12H16ClN3OS. The Bertz CT molecular complexity index is 412. The summed E-state index contributed by atoms with van der Waals surface area (Å²) >= 11 is 7.55. The number of halogens is 1. The van der Waals surface area contributed by atoms with Crippen LogP contribution in [0.3, 0.4) is 0 Å². The Balaban J connectivity index is 2.02. The molecule has 0 N–H and O–H groups in total. The van der Waals surface area contributed by atoms with Crippen molar-refractivity contribution in [3.63, 3.8) is 0 Å². The third-order valence-electron chi connectivity index (χ3n) is 3.15. The van der Waals surface area contributed by atoms with Gasteiger partial charge in [-0.3, -0.25) is 4.79 Å². The lowest BCUT2D eigenvalue weighted by molar-refractivity contribution is 0.0754. The number of likely N-dealkylation sites (tertiary alicyclic amines) is 1. The summed E-state index contributed by atoms with van der Waals surface area (Å²) in [5.74, 6) is -0.0408. The Morgan fingerprint density at radius 1 is 1.39 bits per heavy atom. The van der Waals surface area contributed by atoms with Crippen molar-refractivity contribution in [2.75, 3.05) is 19.3 Å². The van der Waals surface area contributed by atoms with Crippen molar-refractivity contribution in [2.45, 2.75) is 24.5 Å². The average Bonchev–Trinajstić information content (AvgIpc) is 2.64. The van der Waals surface area contributed by atoms with Gasteiger partial charge in [0, 0.05) is 18.3 Å². The van der Waals surface area contributed by atoms with Crippen LogP contribution in [0.5, 0.6) is 0 Å². The van der Waals surface area contributed by atoms with E-state index in [4.69, 9.17) is 11.6 Å². The largest absolute Gasteiger partial charge is 0.337 e. The fourth-order valence-corrected chi connectivity index (χ4v) is 2.94. The smallest absolute Gasteiger partial charge is 0.274 e. The van der Waals surface area contributed by atoms with Crippen LogP contribution in [-0.2, 0) is 0 Å². The maximum atomic E-state index is 12.2. The standard InChI is InChI=1S/C12H16ClN3OS/c1-18-9-3-2-7-16(8-6-9)12(17)10-4-5-11(13)15-14-10/h4-5,9H,2-3,6-8H2,1H3. The summed E-state index contributed by atoms with van der Waals surface area (Å²) in [4.78, 5) is 14.1. The van der Waals surface area contributed by atoms with Crippen LogP contribution >= 0.6 is 23.4 Å². The maximum absolute atomic E-state index is 12.2. The third kappa shape index (κ3) is 3.36. The number of nitrogens with zero attached hydrogens (tertiary/aromatic N) is 3. The minimum atomic E-state index is -0.0408. The number of hydrogen-bond donors (Lipinski definition) is 0. The van der Waals surface area contributed by atoms with E-state index >= 15 is 0 Å². The van der Waals surface area contributed by atoms with Crippen molar-refractivity contribution in [3.8, 4) is 0 Å². The second-order valence-corrected chi connectivity index (χ2v) is 5.85. The van der Waals surface area contributed by atoms with Gasteiger partial charge in [-0.2, -0.15) is 11.8 Å². The first-order valence-electron chi connectivity index (χ1n) is 6.02. The molecule has 1 aromatic rings. The van der Waals surface area contributed by atoms with Gasteiger partial charge in [-0.05, 0) is 37.7 Å². The van der Waals surface area contributed by atoms with E-state index in [0.717, 1.165) is 25.9 Å². The van der Waals surface area contributed by atoms with E-state index in [1.165, 1.54) is 6.42 Å². The summed E-state index contributed by atoms with van der Waals surface area (Å²) < 4.78 is 0. The van der Waals surface area contributed by atoms with Gasteiger partial charge in [-0.1, -0.05) is 11.6 Å². The highest BCUT2D eigenvalue weighted by Gasteiger charge is 2.22. The fraction of sp³-hybridized carbons (Fsp3) is 0.583. The van der Waals surface area contributed by atoms with Crippen LogP contribution in [0.25, 0.3) is 0 Å². The number of hydrogen-bond acceptors (Lipinski definition) is 4. The van der Waals surface area contributed by atoms with Gasteiger partial charge in [-0.15, -0.1) is 10.2 Å². The van der Waals surface area contributed by atoms with Crippen LogP contribution in [0, 0.1) is 0 Å². The molecular weight excluding hydrogens is 270 g/mol. The van der Waals surface area contributed by atoms with Crippen LogP contribution in [0.2, 0.25) is 5.15 Å². The highest BCUT2D eigenvalue weighted by Crippen LogP contribution is 2.21. The molecule has 4 nitrogen and oxygen atoms in total. The van der Waals surface area contributed by atoms with E-state index in [9.17, 15) is 4.79 Å². The van der Waals surface area contributed by atoms with Crippen molar-refractivity contribution in [3.05, 3.63) is 23.0 Å². The highest BCUT2D eigenvalue weighted by atomic mass is 35.5. The Labute approximate surface area is 116 Å². The van der Waals surface area contributed by atoms with Crippen molar-refractivity contribution in [1.29, 1.82) is 0 Å². The molecule has 1 amide bonds. The molecule has 18 heavy (non-hydrogen) atoms. The van der Waals surface area contributed by atoms with Gasteiger partial charge >= 0.3 is 0 Å². The number of amides is 1. The topological polar surface area (TPSA) is 46.1 Å². The van der Waals surface area contributed by atoms with Gasteiger partial charge in [0.25, 0.3) is 5.91 Å². The van der Waals surface area contributed by atoms with Gasteiger partial charge in [0.05, 0.1) is 0 Å². The number of rotatable bonds is 2. The predicted molar refractivity (Wildman–Crippen MR) is 74.1 cm³/mol. The minimum absolute atomic E-state index is 0.0408. The first-order chi connectivity index (χ1) is 8.70. The lowest BCUT2D eigenvalue weighted by Crippen LogP contribution is -2.32. The van der Waals surface area contributed by atoms with Gasteiger partial charge in [-0.25, -0.2) is 0 Å². The molecule has 2 heterocycles. The summed E-state index contributed by atoms with van der Waals surface area (Å²) in [5, 5.41) is 8.53. The number of aromatic nitrogens is 2. The summed E-state index contributed by atoms with van der Waals surface area (Å²) in [5.41, 5.74) is 0.377. The molecule has 98 valence electrons. The molecule has 1 aliphatic heterocycles. The van der Waals surface area contributed by atoms with Crippen LogP contribution < -0.4 is 0 Å². The normalized spacial score (nSPS) is 20.6. The Kier molecular flexibility index (Phi) is 4.83. The lowest BCUT2D eigenvalue weighted by atomic mass is 10.2. The second-order valence-electron chi connectivity index (χ2n) is 4.32. The predicted octanol–water partition coefficient (Wildman–Crippen LogP) is 2.49. The molecule has 0 spiro atoms. The van der Waals surface area contributed by atoms with Crippen LogP contribution in [0.1, 0.15) is 29.8 Å². The molecule has 1 saturated heterocycles. The van der Waals surface area contributed by atoms with E-state index in [-0.39, 0.29) is 5.91 Å². The van der Waals surface area contributed by atoms with Crippen molar-refractivity contribution in [2.24, 2.45) is 0 Å². The monoisotopic (exact) mass is 285 g/mol. The van der Waals surface area contributed by atoms with E-state index in [0.29, 0.717) is 16.1 Å². The molecule has 1 atom stereocenters. The second kappa shape index (κ2) is 6.38. The lowest BCUT2D eigenvalue weighted by Gasteiger charge is -2.19. The zero-order chi connectivity index (χ0) is 13.0. The van der Waals surface area contributed by atoms with E-state index in [2.05, 4.69) is 16.5 Å². The molecule has 1 fully saturated rings. The first kappa shape index (κ1) is 13.6. The molecule has 0 aliphatic carbocycles. The molecule has 2 rings (SSSR count). The average molecular weight is 286 g/mol. The van der Waals surface area contributed by atoms with Gasteiger partial charge in [0.1, 0.15) is 0 Å². The first-order valence-corrected chi connectivity index (χ1v) is 7.68. The number of thioether (sulfide) groups is 1. The highest BCUT2D eigenvalue weighted by molar-refractivity contribution is 7.99. The SMILES string of the molecule is CSC1CCCN(C(=O)c2ccc(Cl)nn2)CC1. The molecule has 0 bridgehead atoms. The Morgan fingerprint density at radius 2 is 2.22 bits per heavy atom. The third-order valence-corrected chi connectivity index (χ3v) is 4.49. The quantitative estimate of drug-likeness (QED) is 0.837. The molecule has 1 aliphatic rings. The molecule has 0 aromatic carbocycles. The summed E-state index contributed by atoms with van der Waals surface area (Å²) in [7, 11) is 0. The molecule has 1 aromatic heterocycles. The fourth-order valence-electron chi connectivity index (χ4n) is 2.10. The van der Waals surface area contributed by atoms with Crippen LogP contribution in [0.4, 0.5) is 0 Å². The Hall–Kier alpha value is -0.810. The Morgan fingerprint density at radius 3 is 2.89 bits per heavy atom. The number of carbonyl (C=O) groups excluding carboxylic acids is 1. The number of carbonyl (C=O) groups is 1. The summed E-state index contributed by atoms with van der Waals surface area (Å²) in [6.45, 7) is 1.61. The van der Waals surface area contributed by atoms with Crippen molar-refractivity contribution >= 4 is 29.3 Å². The van der Waals surface area contributed by atoms with Crippen molar-refractivity contribution < 1.29 is 4.79 Å². The maximum Gasteiger partial charge on any atom is 0.274 e. The van der Waals surface area contributed by atoms with Crippen molar-refractivity contribution in [1.82, 2.24) is 15.1 Å². The zero-order valence-corrected chi connectivity index (χ0v) is 11.9. The molecule has 6 heteroatoms. The van der Waals surface area contributed by atoms with Gasteiger partial charge in [0.2, 0.25) is 0 Å². The minimum Gasteiger partial charge on any atom is -0.337 e. The van der Waals surface area contributed by atoms with Gasteiger partial charge in [0.15, 0.2) is 10.8 Å². The summed E-state index contributed by atoms with van der Waals surface area (Å²) in [6, 6.07) is 3.24. The van der Waals surface area contributed by atoms with Crippen LogP contribution in [-0.4, -0.2) is 45.6 Å². The van der Waals surface area contributed by atoms with Crippen LogP contribution in [0.15, 0.2) is 12.1 Å². The van der Waals surface area contributed by atoms with E-state index in [1.807, 2.05) is 16.7 Å². The summed E-state index contributed by atoms with van der Waals surface area (Å²) in [6.07, 6.45) is 5.41. The van der Waals surface area contributed by atoms with Gasteiger partial charge < -0.3 is 4.90 Å².